The van der Waals surface area contributed by atoms with Crippen molar-refractivity contribution in [3.63, 3.8) is 0 Å². The zero-order chi connectivity index (χ0) is 14.4. The standard InChI is InChI=1S/C14H24N2O2S/c1-5-8-16(9-6-2)13-10(4)11(12(15)19-13)14(17)18-7-3/h5-9,15H2,1-4H3. The molecule has 4 nitrogen and oxygen atoms in total. The van der Waals surface area contributed by atoms with E-state index in [0.717, 1.165) is 36.5 Å². The van der Waals surface area contributed by atoms with Gasteiger partial charge in [-0.25, -0.2) is 4.79 Å². The highest BCUT2D eigenvalue weighted by atomic mass is 32.1. The van der Waals surface area contributed by atoms with E-state index in [1.807, 2.05) is 6.92 Å². The van der Waals surface area contributed by atoms with Gasteiger partial charge >= 0.3 is 5.97 Å². The Labute approximate surface area is 119 Å². The van der Waals surface area contributed by atoms with E-state index < -0.39 is 0 Å². The van der Waals surface area contributed by atoms with E-state index in [9.17, 15) is 4.79 Å². The molecule has 0 unspecified atom stereocenters. The molecule has 0 bridgehead atoms. The first-order chi connectivity index (χ1) is 9.06. The maximum Gasteiger partial charge on any atom is 0.341 e. The second kappa shape index (κ2) is 7.38. The fourth-order valence-corrected chi connectivity index (χ4v) is 3.25. The van der Waals surface area contributed by atoms with Crippen LogP contribution in [-0.4, -0.2) is 25.7 Å². The summed E-state index contributed by atoms with van der Waals surface area (Å²) in [7, 11) is 0. The molecule has 1 rings (SSSR count). The molecule has 2 N–H and O–H groups in total. The molecule has 0 amide bonds. The maximum atomic E-state index is 11.9. The van der Waals surface area contributed by atoms with Crippen molar-refractivity contribution < 1.29 is 9.53 Å². The molecule has 0 radical (unpaired) electrons. The molecule has 1 aromatic rings. The molecular weight excluding hydrogens is 260 g/mol. The number of nitrogens with two attached hydrogens (primary N) is 1. The van der Waals surface area contributed by atoms with Crippen LogP contribution in [0, 0.1) is 6.92 Å². The van der Waals surface area contributed by atoms with Crippen LogP contribution in [0.3, 0.4) is 0 Å². The molecule has 0 saturated heterocycles. The average Bonchev–Trinajstić information content (AvgIpc) is 2.65. The number of carbonyl (C=O) groups excluding carboxylic acids is 1. The Morgan fingerprint density at radius 2 is 1.84 bits per heavy atom. The number of carbonyl (C=O) groups is 1. The van der Waals surface area contributed by atoms with Crippen LogP contribution < -0.4 is 10.6 Å². The smallest absolute Gasteiger partial charge is 0.341 e. The van der Waals surface area contributed by atoms with Crippen molar-refractivity contribution in [3.8, 4) is 0 Å². The van der Waals surface area contributed by atoms with Gasteiger partial charge in [-0.2, -0.15) is 0 Å². The monoisotopic (exact) mass is 284 g/mol. The van der Waals surface area contributed by atoms with Gasteiger partial charge < -0.3 is 15.4 Å². The number of thiophene rings is 1. The molecule has 0 saturated carbocycles. The number of anilines is 2. The number of ether oxygens (including phenoxy) is 1. The Morgan fingerprint density at radius 1 is 1.26 bits per heavy atom. The van der Waals surface area contributed by atoms with Gasteiger partial charge in [0.05, 0.1) is 17.2 Å². The van der Waals surface area contributed by atoms with E-state index in [1.54, 1.807) is 6.92 Å². The van der Waals surface area contributed by atoms with Crippen molar-refractivity contribution in [1.82, 2.24) is 0 Å². The van der Waals surface area contributed by atoms with Gasteiger partial charge in [-0.1, -0.05) is 13.8 Å². The predicted molar refractivity (Wildman–Crippen MR) is 82.2 cm³/mol. The highest BCUT2D eigenvalue weighted by Crippen LogP contribution is 2.38. The molecule has 0 aliphatic rings. The quantitative estimate of drug-likeness (QED) is 0.779. The molecule has 5 heteroatoms. The van der Waals surface area contributed by atoms with E-state index in [0.29, 0.717) is 17.2 Å². The lowest BCUT2D eigenvalue weighted by atomic mass is 10.2. The van der Waals surface area contributed by atoms with Crippen LogP contribution in [0.2, 0.25) is 0 Å². The Bertz CT molecular complexity index is 423. The summed E-state index contributed by atoms with van der Waals surface area (Å²) in [5.74, 6) is -0.312. The summed E-state index contributed by atoms with van der Waals surface area (Å²) in [6, 6.07) is 0. The molecule has 0 fully saturated rings. The second-order valence-corrected chi connectivity index (χ2v) is 5.51. The molecule has 0 aromatic carbocycles. The first kappa shape index (κ1) is 15.8. The lowest BCUT2D eigenvalue weighted by Crippen LogP contribution is -2.24. The Kier molecular flexibility index (Phi) is 6.15. The van der Waals surface area contributed by atoms with Gasteiger partial charge in [-0.3, -0.25) is 0 Å². The summed E-state index contributed by atoms with van der Waals surface area (Å²) in [6.07, 6.45) is 2.15. The minimum Gasteiger partial charge on any atom is -0.462 e. The average molecular weight is 284 g/mol. The van der Waals surface area contributed by atoms with Gasteiger partial charge in [-0.15, -0.1) is 11.3 Å². The van der Waals surface area contributed by atoms with Gasteiger partial charge in [0.2, 0.25) is 0 Å². The molecule has 0 spiro atoms. The molecule has 1 aromatic heterocycles. The van der Waals surface area contributed by atoms with E-state index in [1.165, 1.54) is 11.3 Å². The zero-order valence-electron chi connectivity index (χ0n) is 12.3. The van der Waals surface area contributed by atoms with Crippen LogP contribution in [-0.2, 0) is 4.74 Å². The predicted octanol–water partition coefficient (Wildman–Crippen LogP) is 3.44. The largest absolute Gasteiger partial charge is 0.462 e. The molecular formula is C14H24N2O2S. The van der Waals surface area contributed by atoms with Crippen molar-refractivity contribution in [1.29, 1.82) is 0 Å². The Balaban J connectivity index is 3.09. The van der Waals surface area contributed by atoms with Crippen molar-refractivity contribution in [3.05, 3.63) is 11.1 Å². The Hall–Kier alpha value is -1.23. The minimum absolute atomic E-state index is 0.312. The van der Waals surface area contributed by atoms with Crippen LogP contribution in [0.4, 0.5) is 10.0 Å². The van der Waals surface area contributed by atoms with E-state index in [-0.39, 0.29) is 5.97 Å². The third-order valence-electron chi connectivity index (χ3n) is 2.90. The zero-order valence-corrected chi connectivity index (χ0v) is 13.1. The van der Waals surface area contributed by atoms with Crippen LogP contribution in [0.1, 0.15) is 49.5 Å². The highest BCUT2D eigenvalue weighted by molar-refractivity contribution is 7.20. The first-order valence-corrected chi connectivity index (χ1v) is 7.69. The van der Waals surface area contributed by atoms with Crippen molar-refractivity contribution in [2.45, 2.75) is 40.5 Å². The van der Waals surface area contributed by atoms with Gasteiger partial charge in [-0.05, 0) is 26.7 Å². The minimum atomic E-state index is -0.312. The maximum absolute atomic E-state index is 11.9. The normalized spacial score (nSPS) is 10.5. The number of hydrogen-bond acceptors (Lipinski definition) is 5. The van der Waals surface area contributed by atoms with Crippen molar-refractivity contribution in [2.75, 3.05) is 30.3 Å². The first-order valence-electron chi connectivity index (χ1n) is 6.87. The fourth-order valence-electron chi connectivity index (χ4n) is 2.14. The lowest BCUT2D eigenvalue weighted by Gasteiger charge is -2.22. The summed E-state index contributed by atoms with van der Waals surface area (Å²) >= 11 is 1.49. The third-order valence-corrected chi connectivity index (χ3v) is 4.08. The molecule has 108 valence electrons. The highest BCUT2D eigenvalue weighted by Gasteiger charge is 2.23. The summed E-state index contributed by atoms with van der Waals surface area (Å²) in [6.45, 7) is 10.4. The van der Waals surface area contributed by atoms with E-state index in [2.05, 4.69) is 18.7 Å². The number of nitrogen functional groups attached to an aromatic ring is 1. The van der Waals surface area contributed by atoms with Crippen molar-refractivity contribution >= 4 is 27.3 Å². The Morgan fingerprint density at radius 3 is 2.32 bits per heavy atom. The van der Waals surface area contributed by atoms with Crippen molar-refractivity contribution in [2.24, 2.45) is 0 Å². The van der Waals surface area contributed by atoms with Crippen LogP contribution in [0.25, 0.3) is 0 Å². The van der Waals surface area contributed by atoms with E-state index in [4.69, 9.17) is 10.5 Å². The van der Waals surface area contributed by atoms with Crippen LogP contribution in [0.5, 0.6) is 0 Å². The van der Waals surface area contributed by atoms with Gasteiger partial charge in [0.1, 0.15) is 5.00 Å². The number of rotatable bonds is 7. The van der Waals surface area contributed by atoms with Gasteiger partial charge in [0, 0.05) is 18.7 Å². The summed E-state index contributed by atoms with van der Waals surface area (Å²) < 4.78 is 5.07. The van der Waals surface area contributed by atoms with Crippen LogP contribution in [0.15, 0.2) is 0 Å². The summed E-state index contributed by atoms with van der Waals surface area (Å²) in [5, 5.41) is 1.66. The molecule has 0 aliphatic heterocycles. The molecule has 0 atom stereocenters. The van der Waals surface area contributed by atoms with E-state index >= 15 is 0 Å². The second-order valence-electron chi connectivity index (χ2n) is 4.48. The lowest BCUT2D eigenvalue weighted by molar-refractivity contribution is 0.0527. The molecule has 19 heavy (non-hydrogen) atoms. The SMILES string of the molecule is CCCN(CCC)c1sc(N)c(C(=O)OCC)c1C. The molecule has 1 heterocycles. The fraction of sp³-hybridized carbons (Fsp3) is 0.643. The summed E-state index contributed by atoms with van der Waals surface area (Å²) in [4.78, 5) is 14.2. The van der Waals surface area contributed by atoms with Gasteiger partial charge in [0.25, 0.3) is 0 Å². The number of hydrogen-bond donors (Lipinski definition) is 1. The number of nitrogens with zero attached hydrogens (tertiary/aromatic N) is 1. The molecule has 0 aliphatic carbocycles. The summed E-state index contributed by atoms with van der Waals surface area (Å²) in [5.41, 5.74) is 7.48. The van der Waals surface area contributed by atoms with Crippen LogP contribution >= 0.6 is 11.3 Å². The third kappa shape index (κ3) is 3.62. The topological polar surface area (TPSA) is 55.6 Å². The van der Waals surface area contributed by atoms with Gasteiger partial charge in [0.15, 0.2) is 0 Å². The number of esters is 1.